The fraction of sp³-hybridized carbons (Fsp3) is 0.348. The molecule has 3 rings (SSSR count). The number of amides is 1. The van der Waals surface area contributed by atoms with Crippen molar-refractivity contribution in [1.82, 2.24) is 10.2 Å². The van der Waals surface area contributed by atoms with Crippen LogP contribution in [-0.2, 0) is 16.1 Å². The summed E-state index contributed by atoms with van der Waals surface area (Å²) in [5, 5.41) is 3.47. The zero-order valence-corrected chi connectivity index (χ0v) is 17.4. The summed E-state index contributed by atoms with van der Waals surface area (Å²) in [5.74, 6) is 0.630. The molecule has 1 atom stereocenters. The minimum atomic E-state index is -0.179. The van der Waals surface area contributed by atoms with Crippen molar-refractivity contribution in [2.75, 3.05) is 32.8 Å². The van der Waals surface area contributed by atoms with Crippen molar-refractivity contribution >= 4 is 23.6 Å². The number of nitrogens with one attached hydrogen (secondary N) is 1. The van der Waals surface area contributed by atoms with E-state index in [1.165, 1.54) is 11.6 Å². The molecule has 0 aliphatic carbocycles. The number of morpholine rings is 1. The summed E-state index contributed by atoms with van der Waals surface area (Å²) >= 11 is 6.09. The highest BCUT2D eigenvalue weighted by Gasteiger charge is 2.12. The van der Waals surface area contributed by atoms with Crippen LogP contribution in [0.3, 0.4) is 0 Å². The van der Waals surface area contributed by atoms with E-state index in [9.17, 15) is 4.79 Å². The first-order valence-electron chi connectivity index (χ1n) is 9.86. The molecule has 5 nitrogen and oxygen atoms in total. The largest absolute Gasteiger partial charge is 0.489 e. The maximum atomic E-state index is 12.0. The van der Waals surface area contributed by atoms with E-state index in [1.807, 2.05) is 37.3 Å². The molecule has 2 aromatic carbocycles. The van der Waals surface area contributed by atoms with E-state index in [-0.39, 0.29) is 12.0 Å². The second kappa shape index (κ2) is 11.0. The highest BCUT2D eigenvalue weighted by molar-refractivity contribution is 6.32. The second-order valence-corrected chi connectivity index (χ2v) is 7.47. The van der Waals surface area contributed by atoms with Gasteiger partial charge in [0.15, 0.2) is 0 Å². The molecule has 2 aromatic rings. The summed E-state index contributed by atoms with van der Waals surface area (Å²) in [5.41, 5.74) is 2.02. The van der Waals surface area contributed by atoms with Gasteiger partial charge in [0, 0.05) is 30.7 Å². The quantitative estimate of drug-likeness (QED) is 0.668. The van der Waals surface area contributed by atoms with Crippen molar-refractivity contribution in [3.63, 3.8) is 0 Å². The van der Waals surface area contributed by atoms with Crippen LogP contribution in [0.15, 0.2) is 54.6 Å². The van der Waals surface area contributed by atoms with Crippen LogP contribution in [0.25, 0.3) is 6.08 Å². The first-order chi connectivity index (χ1) is 14.1. The lowest BCUT2D eigenvalue weighted by atomic mass is 10.2. The van der Waals surface area contributed by atoms with Gasteiger partial charge in [0.25, 0.3) is 0 Å². The van der Waals surface area contributed by atoms with Crippen LogP contribution >= 0.6 is 11.6 Å². The molecular weight excluding hydrogens is 388 g/mol. The molecule has 0 bridgehead atoms. The van der Waals surface area contributed by atoms with Gasteiger partial charge in [-0.3, -0.25) is 9.69 Å². The Balaban J connectivity index is 1.45. The van der Waals surface area contributed by atoms with E-state index in [0.717, 1.165) is 44.2 Å². The van der Waals surface area contributed by atoms with Gasteiger partial charge in [0.2, 0.25) is 5.91 Å². The van der Waals surface area contributed by atoms with Crippen molar-refractivity contribution in [2.45, 2.75) is 19.6 Å². The fourth-order valence-electron chi connectivity index (χ4n) is 3.09. The lowest BCUT2D eigenvalue weighted by Crippen LogP contribution is -2.35. The van der Waals surface area contributed by atoms with E-state index in [4.69, 9.17) is 21.1 Å². The topological polar surface area (TPSA) is 50.8 Å². The third-order valence-electron chi connectivity index (χ3n) is 4.63. The Morgan fingerprint density at radius 1 is 1.24 bits per heavy atom. The van der Waals surface area contributed by atoms with Gasteiger partial charge in [0.05, 0.1) is 19.8 Å². The van der Waals surface area contributed by atoms with E-state index in [2.05, 4.69) is 22.3 Å². The molecule has 1 heterocycles. The number of hydrogen-bond acceptors (Lipinski definition) is 4. The summed E-state index contributed by atoms with van der Waals surface area (Å²) < 4.78 is 11.4. The third kappa shape index (κ3) is 7.20. The Bertz CT molecular complexity index is 834. The lowest BCUT2D eigenvalue weighted by Gasteiger charge is -2.26. The third-order valence-corrected chi connectivity index (χ3v) is 4.97. The molecule has 1 aliphatic heterocycles. The van der Waals surface area contributed by atoms with Crippen molar-refractivity contribution in [2.24, 2.45) is 0 Å². The fourth-order valence-corrected chi connectivity index (χ4v) is 3.29. The molecule has 1 amide bonds. The highest BCUT2D eigenvalue weighted by Crippen LogP contribution is 2.17. The Labute approximate surface area is 177 Å². The Kier molecular flexibility index (Phi) is 8.11. The summed E-state index contributed by atoms with van der Waals surface area (Å²) in [6.45, 7) is 6.73. The van der Waals surface area contributed by atoms with Crippen LogP contribution in [0.4, 0.5) is 0 Å². The number of hydrogen-bond donors (Lipinski definition) is 1. The number of benzene rings is 2. The number of carbonyl (C=O) groups excluding carboxylic acids is 1. The number of ether oxygens (including phenoxy) is 2. The number of halogens is 1. The molecule has 0 aromatic heterocycles. The summed E-state index contributed by atoms with van der Waals surface area (Å²) in [6, 6.07) is 15.5. The molecular formula is C23H27ClN2O3. The van der Waals surface area contributed by atoms with Crippen molar-refractivity contribution in [1.29, 1.82) is 0 Å². The Morgan fingerprint density at radius 2 is 2.03 bits per heavy atom. The van der Waals surface area contributed by atoms with Crippen LogP contribution in [-0.4, -0.2) is 49.8 Å². The Hall–Kier alpha value is -2.34. The number of rotatable bonds is 8. The van der Waals surface area contributed by atoms with Gasteiger partial charge in [-0.25, -0.2) is 0 Å². The van der Waals surface area contributed by atoms with E-state index in [1.54, 1.807) is 12.1 Å². The van der Waals surface area contributed by atoms with Crippen molar-refractivity contribution in [3.05, 3.63) is 70.8 Å². The van der Waals surface area contributed by atoms with E-state index < -0.39 is 0 Å². The van der Waals surface area contributed by atoms with Crippen molar-refractivity contribution < 1.29 is 14.3 Å². The standard InChI is InChI=1S/C23H27ClN2O3/c1-18(16-25-23(27)10-9-20-6-2-3-8-22(20)24)29-21-7-4-5-19(15-21)17-26-11-13-28-14-12-26/h2-10,15,18H,11-14,16-17H2,1H3,(H,25,27)/b10-9+. The molecule has 1 aliphatic rings. The zero-order chi connectivity index (χ0) is 20.5. The number of carbonyl (C=O) groups is 1. The molecule has 0 spiro atoms. The maximum Gasteiger partial charge on any atom is 0.244 e. The smallest absolute Gasteiger partial charge is 0.244 e. The molecule has 154 valence electrons. The van der Waals surface area contributed by atoms with Gasteiger partial charge in [-0.05, 0) is 42.3 Å². The first kappa shape index (κ1) is 21.4. The molecule has 1 saturated heterocycles. The van der Waals surface area contributed by atoms with Gasteiger partial charge in [-0.2, -0.15) is 0 Å². The highest BCUT2D eigenvalue weighted by atomic mass is 35.5. The summed E-state index contributed by atoms with van der Waals surface area (Å²) in [6.07, 6.45) is 3.04. The van der Waals surface area contributed by atoms with Gasteiger partial charge < -0.3 is 14.8 Å². The first-order valence-corrected chi connectivity index (χ1v) is 10.2. The lowest BCUT2D eigenvalue weighted by molar-refractivity contribution is -0.116. The molecule has 6 heteroatoms. The summed E-state index contributed by atoms with van der Waals surface area (Å²) in [4.78, 5) is 14.4. The minimum Gasteiger partial charge on any atom is -0.489 e. The van der Waals surface area contributed by atoms with Gasteiger partial charge in [0.1, 0.15) is 11.9 Å². The van der Waals surface area contributed by atoms with Gasteiger partial charge in [-0.15, -0.1) is 0 Å². The maximum absolute atomic E-state index is 12.0. The second-order valence-electron chi connectivity index (χ2n) is 7.06. The minimum absolute atomic E-state index is 0.147. The van der Waals surface area contributed by atoms with Gasteiger partial charge >= 0.3 is 0 Å². The molecule has 0 saturated carbocycles. The molecule has 29 heavy (non-hydrogen) atoms. The van der Waals surface area contributed by atoms with Crippen LogP contribution in [0, 0.1) is 0 Å². The van der Waals surface area contributed by atoms with Crippen LogP contribution < -0.4 is 10.1 Å². The average molecular weight is 415 g/mol. The van der Waals surface area contributed by atoms with Crippen molar-refractivity contribution in [3.8, 4) is 5.75 Å². The monoisotopic (exact) mass is 414 g/mol. The van der Waals surface area contributed by atoms with Crippen LogP contribution in [0.2, 0.25) is 5.02 Å². The van der Waals surface area contributed by atoms with Gasteiger partial charge in [-0.1, -0.05) is 41.9 Å². The van der Waals surface area contributed by atoms with E-state index >= 15 is 0 Å². The van der Waals surface area contributed by atoms with Crippen LogP contribution in [0.5, 0.6) is 5.75 Å². The predicted octanol–water partition coefficient (Wildman–Crippen LogP) is 3.77. The predicted molar refractivity (Wildman–Crippen MR) is 116 cm³/mol. The molecule has 1 N–H and O–H groups in total. The van der Waals surface area contributed by atoms with E-state index in [0.29, 0.717) is 11.6 Å². The molecule has 1 unspecified atom stereocenters. The molecule has 0 radical (unpaired) electrons. The normalized spacial score (nSPS) is 15.9. The Morgan fingerprint density at radius 3 is 2.83 bits per heavy atom. The van der Waals surface area contributed by atoms with Crippen LogP contribution in [0.1, 0.15) is 18.1 Å². The molecule has 1 fully saturated rings. The average Bonchev–Trinajstić information content (AvgIpc) is 2.73. The number of nitrogens with zero attached hydrogens (tertiary/aromatic N) is 1. The summed E-state index contributed by atoms with van der Waals surface area (Å²) in [7, 11) is 0. The SMILES string of the molecule is CC(CNC(=O)/C=C/c1ccccc1Cl)Oc1cccc(CN2CCOCC2)c1. The zero-order valence-electron chi connectivity index (χ0n) is 16.6.